The van der Waals surface area contributed by atoms with E-state index in [1.165, 1.54) is 0 Å². The predicted molar refractivity (Wildman–Crippen MR) is 55.6 cm³/mol. The number of rotatable bonds is 6. The Morgan fingerprint density at radius 1 is 1.50 bits per heavy atom. The van der Waals surface area contributed by atoms with Crippen LogP contribution < -0.4 is 10.6 Å². The zero-order chi connectivity index (χ0) is 11.0. The molecule has 0 aliphatic carbocycles. The Labute approximate surface area is 85.7 Å². The number of amides is 1. The van der Waals surface area contributed by atoms with Crippen LogP contribution in [-0.4, -0.2) is 24.5 Å². The molecule has 0 aromatic heterocycles. The molecule has 2 N–H and O–H groups in total. The maximum atomic E-state index is 11.3. The highest BCUT2D eigenvalue weighted by Crippen LogP contribution is 1.98. The average molecular weight is 197 g/mol. The third kappa shape index (κ3) is 4.83. The van der Waals surface area contributed by atoms with Gasteiger partial charge >= 0.3 is 0 Å². The molecule has 0 bridgehead atoms. The lowest BCUT2D eigenvalue weighted by Gasteiger charge is -2.19. The van der Waals surface area contributed by atoms with Gasteiger partial charge in [-0.25, -0.2) is 0 Å². The van der Waals surface area contributed by atoms with Crippen molar-refractivity contribution in [1.82, 2.24) is 10.6 Å². The summed E-state index contributed by atoms with van der Waals surface area (Å²) in [6.45, 7) is 6.33. The van der Waals surface area contributed by atoms with Crippen molar-refractivity contribution in [3.8, 4) is 6.07 Å². The van der Waals surface area contributed by atoms with Crippen LogP contribution in [0.15, 0.2) is 0 Å². The molecule has 0 heterocycles. The second kappa shape index (κ2) is 7.34. The maximum Gasteiger partial charge on any atom is 0.236 e. The fourth-order valence-corrected chi connectivity index (χ4v) is 1.19. The summed E-state index contributed by atoms with van der Waals surface area (Å²) in [5.74, 6) is -0.0103. The lowest BCUT2D eigenvalue weighted by Crippen LogP contribution is -2.46. The van der Waals surface area contributed by atoms with Gasteiger partial charge in [0, 0.05) is 12.6 Å². The van der Waals surface area contributed by atoms with Crippen LogP contribution in [0.1, 0.15) is 33.6 Å². The third-order valence-electron chi connectivity index (χ3n) is 2.06. The SMILES string of the molecule is CCNC(=O)C(C)NC(CC)CC#N. The molecule has 80 valence electrons. The Morgan fingerprint density at radius 2 is 2.14 bits per heavy atom. The first-order valence-electron chi connectivity index (χ1n) is 5.06. The lowest BCUT2D eigenvalue weighted by atomic mass is 10.1. The second-order valence-electron chi connectivity index (χ2n) is 3.25. The maximum absolute atomic E-state index is 11.3. The fourth-order valence-electron chi connectivity index (χ4n) is 1.19. The summed E-state index contributed by atoms with van der Waals surface area (Å²) in [7, 11) is 0. The molecular weight excluding hydrogens is 178 g/mol. The minimum atomic E-state index is -0.228. The van der Waals surface area contributed by atoms with Crippen LogP contribution in [0, 0.1) is 11.3 Å². The van der Waals surface area contributed by atoms with Gasteiger partial charge in [0.15, 0.2) is 0 Å². The van der Waals surface area contributed by atoms with Gasteiger partial charge in [-0.15, -0.1) is 0 Å². The number of hydrogen-bond acceptors (Lipinski definition) is 3. The van der Waals surface area contributed by atoms with Crippen molar-refractivity contribution >= 4 is 5.91 Å². The molecule has 0 aromatic carbocycles. The topological polar surface area (TPSA) is 64.9 Å². The van der Waals surface area contributed by atoms with Gasteiger partial charge in [-0.05, 0) is 20.3 Å². The van der Waals surface area contributed by atoms with Crippen LogP contribution in [0.25, 0.3) is 0 Å². The van der Waals surface area contributed by atoms with Gasteiger partial charge in [-0.1, -0.05) is 6.92 Å². The number of likely N-dealkylation sites (N-methyl/N-ethyl adjacent to an activating group) is 1. The monoisotopic (exact) mass is 197 g/mol. The molecule has 0 fully saturated rings. The summed E-state index contributed by atoms with van der Waals surface area (Å²) >= 11 is 0. The summed E-state index contributed by atoms with van der Waals surface area (Å²) in [5.41, 5.74) is 0. The van der Waals surface area contributed by atoms with Crippen LogP contribution in [-0.2, 0) is 4.79 Å². The van der Waals surface area contributed by atoms with Gasteiger partial charge < -0.3 is 10.6 Å². The van der Waals surface area contributed by atoms with E-state index in [0.29, 0.717) is 13.0 Å². The van der Waals surface area contributed by atoms with Crippen molar-refractivity contribution in [2.45, 2.75) is 45.7 Å². The molecule has 0 aliphatic heterocycles. The molecule has 0 rings (SSSR count). The molecule has 4 nitrogen and oxygen atoms in total. The molecule has 0 saturated heterocycles. The van der Waals surface area contributed by atoms with E-state index in [-0.39, 0.29) is 18.0 Å². The largest absolute Gasteiger partial charge is 0.355 e. The molecule has 2 atom stereocenters. The quantitative estimate of drug-likeness (QED) is 0.661. The molecule has 0 aliphatic rings. The Hall–Kier alpha value is -1.08. The molecule has 0 saturated carbocycles. The fraction of sp³-hybridized carbons (Fsp3) is 0.800. The number of nitrogens with zero attached hydrogens (tertiary/aromatic N) is 1. The molecule has 0 spiro atoms. The molecular formula is C10H19N3O. The zero-order valence-corrected chi connectivity index (χ0v) is 9.13. The van der Waals surface area contributed by atoms with E-state index in [1.54, 1.807) is 0 Å². The van der Waals surface area contributed by atoms with Crippen molar-refractivity contribution in [3.05, 3.63) is 0 Å². The Morgan fingerprint density at radius 3 is 2.57 bits per heavy atom. The predicted octanol–water partition coefficient (Wildman–Crippen LogP) is 0.793. The molecule has 2 unspecified atom stereocenters. The highest BCUT2D eigenvalue weighted by atomic mass is 16.2. The summed E-state index contributed by atoms with van der Waals surface area (Å²) in [5, 5.41) is 14.4. The first-order chi connectivity index (χ1) is 6.65. The van der Waals surface area contributed by atoms with Crippen LogP contribution in [0.4, 0.5) is 0 Å². The molecule has 0 aromatic rings. The summed E-state index contributed by atoms with van der Waals surface area (Å²) < 4.78 is 0. The van der Waals surface area contributed by atoms with Crippen molar-refractivity contribution in [2.75, 3.05) is 6.54 Å². The Kier molecular flexibility index (Phi) is 6.77. The number of carbonyl (C=O) groups excluding carboxylic acids is 1. The first kappa shape index (κ1) is 12.9. The van der Waals surface area contributed by atoms with Crippen molar-refractivity contribution < 1.29 is 4.79 Å². The molecule has 0 radical (unpaired) electrons. The lowest BCUT2D eigenvalue weighted by molar-refractivity contribution is -0.122. The van der Waals surface area contributed by atoms with Crippen molar-refractivity contribution in [2.24, 2.45) is 0 Å². The molecule has 4 heteroatoms. The van der Waals surface area contributed by atoms with E-state index in [9.17, 15) is 4.79 Å². The summed E-state index contributed by atoms with van der Waals surface area (Å²) in [6, 6.07) is 1.98. The smallest absolute Gasteiger partial charge is 0.236 e. The number of nitriles is 1. The van der Waals surface area contributed by atoms with E-state index < -0.39 is 0 Å². The van der Waals surface area contributed by atoms with Crippen LogP contribution in [0.3, 0.4) is 0 Å². The van der Waals surface area contributed by atoms with Crippen molar-refractivity contribution in [3.63, 3.8) is 0 Å². The van der Waals surface area contributed by atoms with Gasteiger partial charge in [0.2, 0.25) is 5.91 Å². The van der Waals surface area contributed by atoms with Gasteiger partial charge in [0.25, 0.3) is 0 Å². The van der Waals surface area contributed by atoms with E-state index in [1.807, 2.05) is 20.8 Å². The minimum Gasteiger partial charge on any atom is -0.355 e. The van der Waals surface area contributed by atoms with E-state index >= 15 is 0 Å². The Bertz CT molecular complexity index is 210. The summed E-state index contributed by atoms with van der Waals surface area (Å²) in [6.07, 6.45) is 1.30. The van der Waals surface area contributed by atoms with Crippen LogP contribution in [0.5, 0.6) is 0 Å². The van der Waals surface area contributed by atoms with Crippen molar-refractivity contribution in [1.29, 1.82) is 5.26 Å². The highest BCUT2D eigenvalue weighted by molar-refractivity contribution is 5.81. The first-order valence-corrected chi connectivity index (χ1v) is 5.06. The van der Waals surface area contributed by atoms with Crippen LogP contribution in [0.2, 0.25) is 0 Å². The second-order valence-corrected chi connectivity index (χ2v) is 3.25. The molecule has 14 heavy (non-hydrogen) atoms. The van der Waals surface area contributed by atoms with E-state index in [0.717, 1.165) is 6.42 Å². The zero-order valence-electron chi connectivity index (χ0n) is 9.13. The standard InChI is InChI=1S/C10H19N3O/c1-4-9(6-7-11)13-8(3)10(14)12-5-2/h8-9,13H,4-6H2,1-3H3,(H,12,14). The van der Waals surface area contributed by atoms with Gasteiger partial charge in [0.1, 0.15) is 0 Å². The average Bonchev–Trinajstić information content (AvgIpc) is 2.17. The van der Waals surface area contributed by atoms with Gasteiger partial charge in [-0.3, -0.25) is 4.79 Å². The number of carbonyl (C=O) groups is 1. The van der Waals surface area contributed by atoms with E-state index in [2.05, 4.69) is 16.7 Å². The number of hydrogen-bond donors (Lipinski definition) is 2. The number of nitrogens with one attached hydrogen (secondary N) is 2. The highest BCUT2D eigenvalue weighted by Gasteiger charge is 2.15. The summed E-state index contributed by atoms with van der Waals surface area (Å²) in [4.78, 5) is 11.3. The van der Waals surface area contributed by atoms with Gasteiger partial charge in [0.05, 0.1) is 18.5 Å². The van der Waals surface area contributed by atoms with Gasteiger partial charge in [-0.2, -0.15) is 5.26 Å². The minimum absolute atomic E-state index is 0.0103. The normalized spacial score (nSPS) is 14.1. The van der Waals surface area contributed by atoms with Crippen LogP contribution >= 0.6 is 0 Å². The molecule has 1 amide bonds. The third-order valence-corrected chi connectivity index (χ3v) is 2.06. The van der Waals surface area contributed by atoms with E-state index in [4.69, 9.17) is 5.26 Å². The Balaban J connectivity index is 3.95.